The minimum Gasteiger partial charge on any atom is -0.378 e. The number of ether oxygens (including phenoxy) is 2. The Labute approximate surface area is 68.9 Å². The molecule has 4 unspecified atom stereocenters. The highest BCUT2D eigenvalue weighted by Gasteiger charge is 2.38. The molecule has 0 aromatic carbocycles. The molecule has 0 saturated carbocycles. The first-order valence-corrected chi connectivity index (χ1v) is 4.39. The molecule has 0 N–H and O–H groups in total. The maximum atomic E-state index is 5.70. The van der Waals surface area contributed by atoms with E-state index in [0.717, 1.165) is 6.42 Å². The smallest absolute Gasteiger partial charge is 0.0880 e. The van der Waals surface area contributed by atoms with E-state index in [2.05, 4.69) is 20.8 Å². The average Bonchev–Trinajstić information content (AvgIpc) is 2.26. The van der Waals surface area contributed by atoms with Gasteiger partial charge in [-0.25, -0.2) is 0 Å². The molecule has 1 heterocycles. The van der Waals surface area contributed by atoms with Crippen molar-refractivity contribution >= 4 is 0 Å². The minimum absolute atomic E-state index is 0.264. The van der Waals surface area contributed by atoms with E-state index in [-0.39, 0.29) is 6.10 Å². The molecule has 0 aromatic heterocycles. The van der Waals surface area contributed by atoms with Gasteiger partial charge in [0.05, 0.1) is 18.3 Å². The molecular formula is C9H18O2. The number of methoxy groups -OCH3 is 1. The van der Waals surface area contributed by atoms with Crippen LogP contribution in [-0.4, -0.2) is 25.4 Å². The van der Waals surface area contributed by atoms with E-state index >= 15 is 0 Å². The van der Waals surface area contributed by atoms with E-state index in [9.17, 15) is 0 Å². The second-order valence-corrected chi connectivity index (χ2v) is 3.35. The zero-order valence-corrected chi connectivity index (χ0v) is 7.83. The molecule has 2 heteroatoms. The van der Waals surface area contributed by atoms with Gasteiger partial charge in [-0.05, 0) is 13.3 Å². The van der Waals surface area contributed by atoms with Crippen LogP contribution in [-0.2, 0) is 9.47 Å². The van der Waals surface area contributed by atoms with Crippen molar-refractivity contribution in [2.24, 2.45) is 5.92 Å². The zero-order valence-electron chi connectivity index (χ0n) is 7.83. The molecule has 66 valence electrons. The summed E-state index contributed by atoms with van der Waals surface area (Å²) in [6, 6.07) is 0. The van der Waals surface area contributed by atoms with Crippen LogP contribution < -0.4 is 0 Å². The molecule has 1 saturated heterocycles. The highest BCUT2D eigenvalue weighted by molar-refractivity contribution is 4.85. The summed E-state index contributed by atoms with van der Waals surface area (Å²) in [5.74, 6) is 0.542. The monoisotopic (exact) mass is 158 g/mol. The Morgan fingerprint density at radius 1 is 1.36 bits per heavy atom. The van der Waals surface area contributed by atoms with Crippen molar-refractivity contribution in [1.82, 2.24) is 0 Å². The van der Waals surface area contributed by atoms with Gasteiger partial charge < -0.3 is 9.47 Å². The first-order chi connectivity index (χ1) is 5.20. The lowest BCUT2D eigenvalue weighted by Crippen LogP contribution is -2.25. The van der Waals surface area contributed by atoms with Crippen molar-refractivity contribution in [3.8, 4) is 0 Å². The topological polar surface area (TPSA) is 18.5 Å². The minimum atomic E-state index is 0.264. The van der Waals surface area contributed by atoms with Crippen molar-refractivity contribution in [2.45, 2.75) is 45.5 Å². The molecule has 1 fully saturated rings. The third kappa shape index (κ3) is 1.57. The fraction of sp³-hybridized carbons (Fsp3) is 1.00. The van der Waals surface area contributed by atoms with Crippen molar-refractivity contribution in [3.63, 3.8) is 0 Å². The molecule has 0 aromatic rings. The molecule has 0 aliphatic carbocycles. The van der Waals surface area contributed by atoms with Gasteiger partial charge in [-0.3, -0.25) is 0 Å². The molecule has 1 aliphatic rings. The molecule has 0 spiro atoms. The van der Waals surface area contributed by atoms with Gasteiger partial charge in [0.25, 0.3) is 0 Å². The summed E-state index contributed by atoms with van der Waals surface area (Å²) in [6.45, 7) is 6.44. The van der Waals surface area contributed by atoms with Gasteiger partial charge in [-0.15, -0.1) is 0 Å². The lowest BCUT2D eigenvalue weighted by molar-refractivity contribution is 0.00489. The van der Waals surface area contributed by atoms with Crippen LogP contribution in [0.2, 0.25) is 0 Å². The largest absolute Gasteiger partial charge is 0.378 e. The maximum Gasteiger partial charge on any atom is 0.0880 e. The molecular weight excluding hydrogens is 140 g/mol. The second kappa shape index (κ2) is 3.55. The van der Waals surface area contributed by atoms with Crippen molar-refractivity contribution in [1.29, 1.82) is 0 Å². The molecule has 2 nitrogen and oxygen atoms in total. The molecule has 4 atom stereocenters. The third-order valence-electron chi connectivity index (χ3n) is 2.63. The summed E-state index contributed by atoms with van der Waals surface area (Å²) in [5.41, 5.74) is 0. The highest BCUT2D eigenvalue weighted by Crippen LogP contribution is 2.30. The van der Waals surface area contributed by atoms with Gasteiger partial charge >= 0.3 is 0 Å². The van der Waals surface area contributed by atoms with Crippen LogP contribution >= 0.6 is 0 Å². The number of rotatable bonds is 2. The summed E-state index contributed by atoms with van der Waals surface area (Å²) < 4.78 is 11.0. The van der Waals surface area contributed by atoms with Gasteiger partial charge in [0.2, 0.25) is 0 Å². The van der Waals surface area contributed by atoms with Gasteiger partial charge in [0.15, 0.2) is 0 Å². The fourth-order valence-corrected chi connectivity index (χ4v) is 1.99. The van der Waals surface area contributed by atoms with Gasteiger partial charge in [-0.1, -0.05) is 13.8 Å². The van der Waals surface area contributed by atoms with Gasteiger partial charge in [0.1, 0.15) is 0 Å². The Balaban J connectivity index is 2.55. The normalized spacial score (nSPS) is 44.7. The summed E-state index contributed by atoms with van der Waals surface area (Å²) in [6.07, 6.45) is 2.04. The van der Waals surface area contributed by atoms with Crippen LogP contribution in [0.25, 0.3) is 0 Å². The van der Waals surface area contributed by atoms with Crippen LogP contribution in [0.15, 0.2) is 0 Å². The first-order valence-electron chi connectivity index (χ1n) is 4.39. The van der Waals surface area contributed by atoms with E-state index in [1.54, 1.807) is 7.11 Å². The quantitative estimate of drug-likeness (QED) is 0.610. The van der Waals surface area contributed by atoms with Crippen molar-refractivity contribution < 1.29 is 9.47 Å². The summed E-state index contributed by atoms with van der Waals surface area (Å²) in [5, 5.41) is 0. The Morgan fingerprint density at radius 3 is 2.27 bits per heavy atom. The van der Waals surface area contributed by atoms with Crippen LogP contribution in [0.4, 0.5) is 0 Å². The summed E-state index contributed by atoms with van der Waals surface area (Å²) in [4.78, 5) is 0. The van der Waals surface area contributed by atoms with Gasteiger partial charge in [-0.2, -0.15) is 0 Å². The van der Waals surface area contributed by atoms with Crippen LogP contribution in [0.3, 0.4) is 0 Å². The molecule has 0 amide bonds. The number of hydrogen-bond acceptors (Lipinski definition) is 2. The molecule has 0 bridgehead atoms. The van der Waals surface area contributed by atoms with Crippen LogP contribution in [0, 0.1) is 5.92 Å². The zero-order chi connectivity index (χ0) is 8.43. The molecule has 1 aliphatic heterocycles. The molecule has 1 rings (SSSR count). The van der Waals surface area contributed by atoms with E-state index in [0.29, 0.717) is 18.1 Å². The lowest BCUT2D eigenvalue weighted by Gasteiger charge is -2.16. The molecule has 11 heavy (non-hydrogen) atoms. The van der Waals surface area contributed by atoms with E-state index in [1.165, 1.54) is 0 Å². The maximum absolute atomic E-state index is 5.70. The lowest BCUT2D eigenvalue weighted by atomic mass is 9.97. The van der Waals surface area contributed by atoms with Crippen LogP contribution in [0.1, 0.15) is 27.2 Å². The Morgan fingerprint density at radius 2 is 2.00 bits per heavy atom. The van der Waals surface area contributed by atoms with Crippen molar-refractivity contribution in [2.75, 3.05) is 7.11 Å². The third-order valence-corrected chi connectivity index (χ3v) is 2.63. The van der Waals surface area contributed by atoms with E-state index in [1.807, 2.05) is 0 Å². The molecule has 0 radical (unpaired) electrons. The highest BCUT2D eigenvalue weighted by atomic mass is 16.6. The summed E-state index contributed by atoms with van der Waals surface area (Å²) >= 11 is 0. The van der Waals surface area contributed by atoms with Gasteiger partial charge in [0, 0.05) is 13.0 Å². The van der Waals surface area contributed by atoms with Crippen LogP contribution in [0.5, 0.6) is 0 Å². The predicted molar refractivity (Wildman–Crippen MR) is 44.6 cm³/mol. The Bertz CT molecular complexity index is 125. The predicted octanol–water partition coefficient (Wildman–Crippen LogP) is 1.83. The SMILES string of the molecule is CCC1OC(C)C(OC)C1C. The number of hydrogen-bond donors (Lipinski definition) is 0. The van der Waals surface area contributed by atoms with E-state index in [4.69, 9.17) is 9.47 Å². The van der Waals surface area contributed by atoms with Crippen molar-refractivity contribution in [3.05, 3.63) is 0 Å². The average molecular weight is 158 g/mol. The first kappa shape index (κ1) is 9.01. The Kier molecular flexibility index (Phi) is 2.90. The fourth-order valence-electron chi connectivity index (χ4n) is 1.99. The van der Waals surface area contributed by atoms with E-state index < -0.39 is 0 Å². The standard InChI is InChI=1S/C9H18O2/c1-5-8-6(2)9(10-4)7(3)11-8/h6-9H,5H2,1-4H3. The second-order valence-electron chi connectivity index (χ2n) is 3.35. The Hall–Kier alpha value is -0.0800. The summed E-state index contributed by atoms with van der Waals surface area (Å²) in [7, 11) is 1.76.